The number of likely N-dealkylation sites (tertiary alicyclic amines) is 1. The SMILES string of the molecule is Cc1cc(C(C)NC(=O)N2C[C@@H](C(F)(F)F)[C@H](C(=O)O)C2)ccc1F. The lowest BCUT2D eigenvalue weighted by atomic mass is 9.96. The lowest BCUT2D eigenvalue weighted by Crippen LogP contribution is -2.40. The van der Waals surface area contributed by atoms with Crippen molar-refractivity contribution < 1.29 is 32.3 Å². The van der Waals surface area contributed by atoms with Crippen molar-refractivity contribution in [3.63, 3.8) is 0 Å². The molecule has 2 rings (SSSR count). The second-order valence-corrected chi connectivity index (χ2v) is 6.18. The summed E-state index contributed by atoms with van der Waals surface area (Å²) in [6.45, 7) is 1.94. The second kappa shape index (κ2) is 6.89. The Morgan fingerprint density at radius 2 is 1.96 bits per heavy atom. The highest BCUT2D eigenvalue weighted by molar-refractivity contribution is 5.78. The zero-order valence-electron chi connectivity index (χ0n) is 13.6. The van der Waals surface area contributed by atoms with Crippen LogP contribution in [-0.2, 0) is 4.79 Å². The minimum atomic E-state index is -4.70. The van der Waals surface area contributed by atoms with Gasteiger partial charge in [-0.3, -0.25) is 4.79 Å². The maximum Gasteiger partial charge on any atom is 0.394 e. The van der Waals surface area contributed by atoms with E-state index >= 15 is 0 Å². The third kappa shape index (κ3) is 4.21. The fourth-order valence-corrected chi connectivity index (χ4v) is 2.85. The lowest BCUT2D eigenvalue weighted by Gasteiger charge is -2.22. The Kier molecular flexibility index (Phi) is 5.24. The molecule has 9 heteroatoms. The van der Waals surface area contributed by atoms with E-state index < -0.39 is 55.0 Å². The first-order valence-electron chi connectivity index (χ1n) is 7.61. The average Bonchev–Trinajstić information content (AvgIpc) is 2.95. The van der Waals surface area contributed by atoms with Crippen LogP contribution in [0.5, 0.6) is 0 Å². The van der Waals surface area contributed by atoms with Crippen molar-refractivity contribution in [2.75, 3.05) is 13.1 Å². The molecule has 0 bridgehead atoms. The summed E-state index contributed by atoms with van der Waals surface area (Å²) in [6.07, 6.45) is -4.70. The molecule has 0 aliphatic carbocycles. The van der Waals surface area contributed by atoms with Crippen molar-refractivity contribution in [3.8, 4) is 0 Å². The van der Waals surface area contributed by atoms with Crippen LogP contribution in [0.25, 0.3) is 0 Å². The fraction of sp³-hybridized carbons (Fsp3) is 0.500. The molecule has 0 spiro atoms. The molecular weight excluding hydrogens is 344 g/mol. The summed E-state index contributed by atoms with van der Waals surface area (Å²) in [7, 11) is 0. The van der Waals surface area contributed by atoms with Crippen LogP contribution in [0, 0.1) is 24.6 Å². The van der Waals surface area contributed by atoms with E-state index in [0.29, 0.717) is 11.1 Å². The molecule has 1 fully saturated rings. The molecule has 138 valence electrons. The Hall–Kier alpha value is -2.32. The molecule has 1 aromatic carbocycles. The summed E-state index contributed by atoms with van der Waals surface area (Å²) in [6, 6.07) is 2.88. The van der Waals surface area contributed by atoms with Gasteiger partial charge in [0.2, 0.25) is 0 Å². The van der Waals surface area contributed by atoms with E-state index in [1.165, 1.54) is 18.2 Å². The van der Waals surface area contributed by atoms with E-state index in [4.69, 9.17) is 5.11 Å². The largest absolute Gasteiger partial charge is 0.481 e. The minimum Gasteiger partial charge on any atom is -0.481 e. The normalized spacial score (nSPS) is 21.9. The van der Waals surface area contributed by atoms with Crippen molar-refractivity contribution in [2.24, 2.45) is 11.8 Å². The van der Waals surface area contributed by atoms with Crippen LogP contribution in [-0.4, -0.2) is 41.3 Å². The van der Waals surface area contributed by atoms with E-state index in [2.05, 4.69) is 5.32 Å². The minimum absolute atomic E-state index is 0.378. The number of carboxylic acids is 1. The van der Waals surface area contributed by atoms with Gasteiger partial charge in [0.05, 0.1) is 17.9 Å². The van der Waals surface area contributed by atoms with Crippen molar-refractivity contribution in [1.29, 1.82) is 0 Å². The zero-order chi connectivity index (χ0) is 18.9. The summed E-state index contributed by atoms with van der Waals surface area (Å²) >= 11 is 0. The average molecular weight is 362 g/mol. The van der Waals surface area contributed by atoms with Gasteiger partial charge in [0.1, 0.15) is 5.82 Å². The van der Waals surface area contributed by atoms with E-state index in [-0.39, 0.29) is 0 Å². The first-order chi connectivity index (χ1) is 11.5. The third-order valence-electron chi connectivity index (χ3n) is 4.37. The number of carbonyl (C=O) groups excluding carboxylic acids is 1. The summed E-state index contributed by atoms with van der Waals surface area (Å²) in [5, 5.41) is 11.5. The van der Waals surface area contributed by atoms with Gasteiger partial charge in [-0.15, -0.1) is 0 Å². The van der Waals surface area contributed by atoms with Gasteiger partial charge in [0, 0.05) is 13.1 Å². The highest BCUT2D eigenvalue weighted by atomic mass is 19.4. The number of rotatable bonds is 3. The number of hydrogen-bond donors (Lipinski definition) is 2. The number of nitrogens with zero attached hydrogens (tertiary/aromatic N) is 1. The second-order valence-electron chi connectivity index (χ2n) is 6.18. The molecule has 0 saturated carbocycles. The number of urea groups is 1. The molecule has 3 atom stereocenters. The van der Waals surface area contributed by atoms with Gasteiger partial charge in [-0.25, -0.2) is 9.18 Å². The quantitative estimate of drug-likeness (QED) is 0.812. The van der Waals surface area contributed by atoms with Crippen molar-refractivity contribution in [3.05, 3.63) is 35.1 Å². The maximum atomic E-state index is 13.3. The van der Waals surface area contributed by atoms with Gasteiger partial charge in [-0.2, -0.15) is 13.2 Å². The molecule has 1 aliphatic heterocycles. The van der Waals surface area contributed by atoms with Crippen molar-refractivity contribution >= 4 is 12.0 Å². The van der Waals surface area contributed by atoms with Gasteiger partial charge in [-0.1, -0.05) is 12.1 Å². The van der Waals surface area contributed by atoms with E-state index in [0.717, 1.165) is 4.90 Å². The number of benzene rings is 1. The number of aliphatic carboxylic acids is 1. The molecule has 1 aliphatic rings. The molecule has 1 aromatic rings. The Morgan fingerprint density at radius 1 is 1.32 bits per heavy atom. The highest BCUT2D eigenvalue weighted by Crippen LogP contribution is 2.37. The van der Waals surface area contributed by atoms with E-state index in [1.54, 1.807) is 13.8 Å². The Balaban J connectivity index is 2.07. The number of carbonyl (C=O) groups is 2. The first kappa shape index (κ1) is 19.0. The Bertz CT molecular complexity index is 678. The van der Waals surface area contributed by atoms with Crippen molar-refractivity contribution in [1.82, 2.24) is 10.2 Å². The van der Waals surface area contributed by atoms with Gasteiger partial charge in [-0.05, 0) is 31.0 Å². The number of hydrogen-bond acceptors (Lipinski definition) is 2. The molecule has 2 N–H and O–H groups in total. The van der Waals surface area contributed by atoms with Crippen molar-refractivity contribution in [2.45, 2.75) is 26.1 Å². The van der Waals surface area contributed by atoms with Crippen LogP contribution in [0.1, 0.15) is 24.1 Å². The van der Waals surface area contributed by atoms with Crippen LogP contribution < -0.4 is 5.32 Å². The molecule has 1 saturated heterocycles. The molecule has 0 radical (unpaired) electrons. The fourth-order valence-electron chi connectivity index (χ4n) is 2.85. The van der Waals surface area contributed by atoms with Crippen LogP contribution >= 0.6 is 0 Å². The van der Waals surface area contributed by atoms with E-state index in [1.807, 2.05) is 0 Å². The maximum absolute atomic E-state index is 13.3. The van der Waals surface area contributed by atoms with Crippen LogP contribution in [0.3, 0.4) is 0 Å². The molecule has 1 unspecified atom stereocenters. The lowest BCUT2D eigenvalue weighted by molar-refractivity contribution is -0.187. The summed E-state index contributed by atoms with van der Waals surface area (Å²) in [4.78, 5) is 24.1. The predicted octanol–water partition coefficient (Wildman–Crippen LogP) is 3.10. The monoisotopic (exact) mass is 362 g/mol. The van der Waals surface area contributed by atoms with Crippen LogP contribution in [0.15, 0.2) is 18.2 Å². The number of amides is 2. The summed E-state index contributed by atoms with van der Waals surface area (Å²) in [5.41, 5.74) is 0.969. The zero-order valence-corrected chi connectivity index (χ0v) is 13.6. The molecule has 2 amide bonds. The number of aryl methyl sites for hydroxylation is 1. The Morgan fingerprint density at radius 3 is 2.44 bits per heavy atom. The molecule has 25 heavy (non-hydrogen) atoms. The third-order valence-corrected chi connectivity index (χ3v) is 4.37. The standard InChI is InChI=1S/C16H18F4N2O3/c1-8-5-10(3-4-13(8)17)9(2)21-15(25)22-6-11(14(23)24)12(7-22)16(18,19)20/h3-5,9,11-12H,6-7H2,1-2H3,(H,21,25)(H,23,24)/t9?,11-,12-/m1/s1. The smallest absolute Gasteiger partial charge is 0.394 e. The number of nitrogens with one attached hydrogen (secondary N) is 1. The summed E-state index contributed by atoms with van der Waals surface area (Å²) < 4.78 is 52.2. The van der Waals surface area contributed by atoms with Crippen LogP contribution in [0.4, 0.5) is 22.4 Å². The molecule has 5 nitrogen and oxygen atoms in total. The molecular formula is C16H18F4N2O3. The highest BCUT2D eigenvalue weighted by Gasteiger charge is 2.53. The number of halogens is 4. The van der Waals surface area contributed by atoms with E-state index in [9.17, 15) is 27.2 Å². The summed E-state index contributed by atoms with van der Waals surface area (Å²) in [5.74, 6) is -5.77. The predicted molar refractivity (Wildman–Crippen MR) is 80.3 cm³/mol. The van der Waals surface area contributed by atoms with Gasteiger partial charge in [0.15, 0.2) is 0 Å². The number of carboxylic acid groups (broad SMARTS) is 1. The van der Waals surface area contributed by atoms with Gasteiger partial charge in [0.25, 0.3) is 0 Å². The molecule has 0 aromatic heterocycles. The van der Waals surface area contributed by atoms with Gasteiger partial charge < -0.3 is 15.3 Å². The number of alkyl halides is 3. The Labute approximate surface area is 141 Å². The first-order valence-corrected chi connectivity index (χ1v) is 7.61. The molecule has 1 heterocycles. The van der Waals surface area contributed by atoms with Gasteiger partial charge >= 0.3 is 18.2 Å². The van der Waals surface area contributed by atoms with Crippen LogP contribution in [0.2, 0.25) is 0 Å². The topological polar surface area (TPSA) is 69.6 Å².